The van der Waals surface area contributed by atoms with Gasteiger partial charge in [0, 0.05) is 11.7 Å². The molecule has 1 aromatic heterocycles. The van der Waals surface area contributed by atoms with E-state index in [2.05, 4.69) is 111 Å². The molecule has 39 heavy (non-hydrogen) atoms. The van der Waals surface area contributed by atoms with Crippen LogP contribution in [0.3, 0.4) is 0 Å². The average molecular weight is 573 g/mol. The van der Waals surface area contributed by atoms with Crippen LogP contribution in [0.15, 0.2) is 103 Å². The van der Waals surface area contributed by atoms with Crippen LogP contribution in [0.25, 0.3) is 0 Å². The number of aromatic nitrogens is 1. The van der Waals surface area contributed by atoms with Crippen molar-refractivity contribution in [2.45, 2.75) is 60.7 Å². The van der Waals surface area contributed by atoms with Crippen molar-refractivity contribution in [1.29, 1.82) is 0 Å². The van der Waals surface area contributed by atoms with E-state index in [1.165, 1.54) is 11.5 Å². The van der Waals surface area contributed by atoms with Crippen molar-refractivity contribution in [2.24, 2.45) is 0 Å². The molecule has 0 radical (unpaired) electrons. The van der Waals surface area contributed by atoms with Crippen molar-refractivity contribution < 1.29 is 9.90 Å². The van der Waals surface area contributed by atoms with Gasteiger partial charge in [-0.25, -0.2) is 4.37 Å². The van der Waals surface area contributed by atoms with Crippen molar-refractivity contribution in [3.63, 3.8) is 0 Å². The minimum absolute atomic E-state index is 0.0538. The Morgan fingerprint density at radius 1 is 0.872 bits per heavy atom. The van der Waals surface area contributed by atoms with Gasteiger partial charge in [0.25, 0.3) is 0 Å². The summed E-state index contributed by atoms with van der Waals surface area (Å²) < 4.78 is 3.66. The van der Waals surface area contributed by atoms with Crippen molar-refractivity contribution in [1.82, 2.24) is 9.27 Å². The fourth-order valence-electron chi connectivity index (χ4n) is 5.97. The number of carbonyl (C=O) groups excluding carboxylic acids is 1. The standard InChI is InChI=1S/C32H36N2O2S2Si/c1-30(2,3)34-28(36)32(39(4)5,27(35)26-21-22-33-38-26)29(34)37-31(23-15-9-6-10-16-23,24-17-11-7-12-18-24)25-19-13-8-14-20-25/h6-22,27,29,35,39H,1-5H3. The number of hydrogen-bond acceptors (Lipinski definition) is 5. The number of thioether (sulfide) groups is 1. The molecule has 4 nitrogen and oxygen atoms in total. The number of aliphatic hydroxyl groups excluding tert-OH is 1. The predicted molar refractivity (Wildman–Crippen MR) is 166 cm³/mol. The van der Waals surface area contributed by atoms with E-state index in [9.17, 15) is 9.90 Å². The van der Waals surface area contributed by atoms with Gasteiger partial charge in [-0.05, 0) is 55.1 Å². The summed E-state index contributed by atoms with van der Waals surface area (Å²) in [5.41, 5.74) is 3.02. The topological polar surface area (TPSA) is 53.4 Å². The Bertz CT molecular complexity index is 1300. The largest absolute Gasteiger partial charge is 0.387 e. The monoisotopic (exact) mass is 572 g/mol. The lowest BCUT2D eigenvalue weighted by atomic mass is 9.83. The summed E-state index contributed by atoms with van der Waals surface area (Å²) in [5, 5.41) is 10.9. The normalized spacial score (nSPS) is 20.6. The molecule has 0 saturated carbocycles. The smallest absolute Gasteiger partial charge is 0.232 e. The van der Waals surface area contributed by atoms with Gasteiger partial charge in [0.2, 0.25) is 5.91 Å². The Balaban J connectivity index is 1.79. The molecule has 5 rings (SSSR count). The van der Waals surface area contributed by atoms with Gasteiger partial charge < -0.3 is 10.0 Å². The summed E-state index contributed by atoms with van der Waals surface area (Å²) in [4.78, 5) is 17.2. The third-order valence-electron chi connectivity index (χ3n) is 7.92. The van der Waals surface area contributed by atoms with Crippen LogP contribution in [-0.2, 0) is 9.54 Å². The number of amides is 1. The highest BCUT2D eigenvalue weighted by atomic mass is 32.2. The maximum atomic E-state index is 14.4. The zero-order valence-corrected chi connectivity index (χ0v) is 25.9. The number of likely N-dealkylation sites (tertiary alicyclic amines) is 1. The van der Waals surface area contributed by atoms with Gasteiger partial charge in [-0.1, -0.05) is 104 Å². The first-order valence-electron chi connectivity index (χ1n) is 13.4. The molecule has 0 aliphatic carbocycles. The van der Waals surface area contributed by atoms with Crippen LogP contribution in [0, 0.1) is 0 Å². The van der Waals surface area contributed by atoms with Crippen molar-refractivity contribution in [3.05, 3.63) is 125 Å². The van der Waals surface area contributed by atoms with E-state index < -0.39 is 30.2 Å². The Morgan fingerprint density at radius 3 is 1.69 bits per heavy atom. The highest BCUT2D eigenvalue weighted by Crippen LogP contribution is 2.67. The summed E-state index contributed by atoms with van der Waals surface area (Å²) in [6.45, 7) is 10.7. The Morgan fingerprint density at radius 2 is 1.33 bits per heavy atom. The van der Waals surface area contributed by atoms with E-state index in [-0.39, 0.29) is 11.3 Å². The van der Waals surface area contributed by atoms with Gasteiger partial charge in [0.05, 0.1) is 28.8 Å². The third-order valence-corrected chi connectivity index (χ3v) is 13.6. The van der Waals surface area contributed by atoms with E-state index in [0.29, 0.717) is 0 Å². The molecule has 3 aromatic carbocycles. The fraction of sp³-hybridized carbons (Fsp3) is 0.312. The van der Waals surface area contributed by atoms with Crippen molar-refractivity contribution in [3.8, 4) is 0 Å². The van der Waals surface area contributed by atoms with Crippen LogP contribution in [0.5, 0.6) is 0 Å². The molecule has 0 spiro atoms. The zero-order chi connectivity index (χ0) is 27.8. The molecular formula is C32H36N2O2S2Si. The lowest BCUT2D eigenvalue weighted by molar-refractivity contribution is -0.164. The molecule has 0 bridgehead atoms. The van der Waals surface area contributed by atoms with Gasteiger partial charge in [-0.3, -0.25) is 4.79 Å². The second-order valence-corrected chi connectivity index (χ2v) is 16.9. The minimum atomic E-state index is -1.80. The number of β-lactam (4-membered cyclic amide) rings is 1. The van der Waals surface area contributed by atoms with E-state index >= 15 is 0 Å². The number of benzene rings is 3. The molecule has 1 amide bonds. The van der Waals surface area contributed by atoms with Crippen LogP contribution in [0.2, 0.25) is 18.1 Å². The van der Waals surface area contributed by atoms with Gasteiger partial charge in [0.1, 0.15) is 6.10 Å². The second-order valence-electron chi connectivity index (χ2n) is 11.5. The summed E-state index contributed by atoms with van der Waals surface area (Å²) >= 11 is 3.09. The molecular weight excluding hydrogens is 537 g/mol. The van der Waals surface area contributed by atoms with Crippen molar-refractivity contribution >= 4 is 38.0 Å². The zero-order valence-electron chi connectivity index (χ0n) is 23.1. The molecule has 1 aliphatic rings. The Kier molecular flexibility index (Phi) is 7.63. The maximum Gasteiger partial charge on any atom is 0.232 e. The molecule has 2 heterocycles. The van der Waals surface area contributed by atoms with Gasteiger partial charge in [-0.15, -0.1) is 11.8 Å². The molecule has 1 N–H and O–H groups in total. The van der Waals surface area contributed by atoms with Gasteiger partial charge in [0.15, 0.2) is 0 Å². The van der Waals surface area contributed by atoms with Crippen LogP contribution in [0.1, 0.15) is 48.4 Å². The lowest BCUT2D eigenvalue weighted by Gasteiger charge is -2.64. The minimum Gasteiger partial charge on any atom is -0.387 e. The summed E-state index contributed by atoms with van der Waals surface area (Å²) in [6.07, 6.45) is 0.814. The van der Waals surface area contributed by atoms with Crippen LogP contribution in [0.4, 0.5) is 0 Å². The highest BCUT2D eigenvalue weighted by Gasteiger charge is 2.70. The molecule has 4 aromatic rings. The summed E-state index contributed by atoms with van der Waals surface area (Å²) in [7, 11) is -1.80. The van der Waals surface area contributed by atoms with E-state index in [1.807, 2.05) is 29.2 Å². The van der Waals surface area contributed by atoms with E-state index in [0.717, 1.165) is 21.6 Å². The number of hydrogen-bond donors (Lipinski definition) is 1. The molecule has 7 heteroatoms. The van der Waals surface area contributed by atoms with Crippen LogP contribution < -0.4 is 0 Å². The molecule has 1 saturated heterocycles. The van der Waals surface area contributed by atoms with E-state index in [4.69, 9.17) is 0 Å². The number of nitrogens with zero attached hydrogens (tertiary/aromatic N) is 2. The number of rotatable bonds is 8. The van der Waals surface area contributed by atoms with Crippen LogP contribution in [-0.4, -0.2) is 40.0 Å². The molecule has 3 atom stereocenters. The van der Waals surface area contributed by atoms with Gasteiger partial charge in [-0.2, -0.15) is 0 Å². The number of aliphatic hydroxyl groups is 1. The summed E-state index contributed by atoms with van der Waals surface area (Å²) in [5.74, 6) is 0.0538. The number of carbonyl (C=O) groups is 1. The first-order chi connectivity index (χ1) is 18.6. The lowest BCUT2D eigenvalue weighted by Crippen LogP contribution is -2.74. The third kappa shape index (κ3) is 4.49. The first-order valence-corrected chi connectivity index (χ1v) is 18.0. The average Bonchev–Trinajstić information content (AvgIpc) is 3.47. The fourth-order valence-corrected chi connectivity index (χ4v) is 12.0. The second kappa shape index (κ2) is 10.7. The first kappa shape index (κ1) is 27.8. The highest BCUT2D eigenvalue weighted by molar-refractivity contribution is 8.01. The Labute approximate surface area is 241 Å². The Hall–Kier alpha value is -2.71. The van der Waals surface area contributed by atoms with Crippen molar-refractivity contribution in [2.75, 3.05) is 0 Å². The molecule has 3 unspecified atom stereocenters. The van der Waals surface area contributed by atoms with E-state index in [1.54, 1.807) is 18.0 Å². The maximum absolute atomic E-state index is 14.4. The molecule has 1 fully saturated rings. The quantitative estimate of drug-likeness (QED) is 0.139. The predicted octanol–water partition coefficient (Wildman–Crippen LogP) is 7.10. The van der Waals surface area contributed by atoms with Gasteiger partial charge >= 0.3 is 0 Å². The SMILES string of the molecule is C[SiH](C)C1(C(O)c2ccns2)C(=O)N(C(C)(C)C)C1SC(c1ccccc1)(c1ccccc1)c1ccccc1. The molecule has 202 valence electrons. The summed E-state index contributed by atoms with van der Waals surface area (Å²) in [6, 6.07) is 33.6. The molecule has 1 aliphatic heterocycles. The van der Waals surface area contributed by atoms with Crippen LogP contribution >= 0.6 is 23.3 Å².